The van der Waals surface area contributed by atoms with Gasteiger partial charge in [-0.05, 0) is 80.9 Å². The van der Waals surface area contributed by atoms with Crippen molar-refractivity contribution in [1.29, 1.82) is 0 Å². The average Bonchev–Trinajstić information content (AvgIpc) is 2.64. The van der Waals surface area contributed by atoms with E-state index in [1.165, 1.54) is 38.5 Å². The number of hydrogen-bond acceptors (Lipinski definition) is 4. The van der Waals surface area contributed by atoms with Crippen molar-refractivity contribution in [1.82, 2.24) is 5.32 Å². The van der Waals surface area contributed by atoms with E-state index >= 15 is 0 Å². The van der Waals surface area contributed by atoms with Gasteiger partial charge in [-0.25, -0.2) is 9.79 Å². The fraction of sp³-hybridized carbons (Fsp3) is 0.609. The van der Waals surface area contributed by atoms with Crippen molar-refractivity contribution in [3.8, 4) is 5.75 Å². The average molecular weight is 396 g/mol. The van der Waals surface area contributed by atoms with Crippen molar-refractivity contribution in [2.75, 3.05) is 6.61 Å². The molecule has 6 rings (SSSR count). The highest BCUT2D eigenvalue weighted by atomic mass is 16.5. The predicted molar refractivity (Wildman–Crippen MR) is 108 cm³/mol. The van der Waals surface area contributed by atoms with Gasteiger partial charge in [-0.15, -0.1) is 0 Å². The molecule has 4 saturated carbocycles. The van der Waals surface area contributed by atoms with E-state index in [1.54, 1.807) is 31.2 Å². The molecule has 2 unspecified atom stereocenters. The summed E-state index contributed by atoms with van der Waals surface area (Å²) in [5.41, 5.74) is 1.27. The molecule has 1 aromatic rings. The first kappa shape index (κ1) is 18.6. The van der Waals surface area contributed by atoms with Crippen molar-refractivity contribution in [3.05, 3.63) is 29.8 Å². The first-order valence-electron chi connectivity index (χ1n) is 10.7. The van der Waals surface area contributed by atoms with Crippen LogP contribution in [0.25, 0.3) is 0 Å². The molecule has 4 fully saturated rings. The number of carbonyl (C=O) groups excluding carboxylic acids is 2. The van der Waals surface area contributed by atoms with Crippen LogP contribution in [0.1, 0.15) is 57.1 Å². The van der Waals surface area contributed by atoms with E-state index in [0.717, 1.165) is 17.8 Å². The molecule has 4 aliphatic carbocycles. The minimum atomic E-state index is -0.677. The van der Waals surface area contributed by atoms with Gasteiger partial charge in [0.05, 0.1) is 12.6 Å². The van der Waals surface area contributed by atoms with Crippen LogP contribution in [0.3, 0.4) is 0 Å². The maximum absolute atomic E-state index is 13.2. The number of nitrogens with one attached hydrogen (secondary N) is 1. The molecule has 6 heteroatoms. The third kappa shape index (κ3) is 3.43. The summed E-state index contributed by atoms with van der Waals surface area (Å²) in [7, 11) is 0. The molecular formula is C23H28N2O4. The summed E-state index contributed by atoms with van der Waals surface area (Å²) in [4.78, 5) is 29.1. The Morgan fingerprint density at radius 3 is 2.48 bits per heavy atom. The van der Waals surface area contributed by atoms with E-state index in [4.69, 9.17) is 4.74 Å². The second kappa shape index (κ2) is 6.85. The van der Waals surface area contributed by atoms with Crippen molar-refractivity contribution in [2.24, 2.45) is 34.1 Å². The molecule has 2 N–H and O–H groups in total. The Morgan fingerprint density at radius 1 is 1.21 bits per heavy atom. The number of aromatic hydroxyl groups is 1. The summed E-state index contributed by atoms with van der Waals surface area (Å²) in [6.07, 6.45) is 7.60. The summed E-state index contributed by atoms with van der Waals surface area (Å²) in [6.45, 7) is 2.17. The topological polar surface area (TPSA) is 88.0 Å². The van der Waals surface area contributed by atoms with Gasteiger partial charge in [0.1, 0.15) is 11.7 Å². The molecule has 1 heterocycles. The number of carbonyl (C=O) groups is 2. The van der Waals surface area contributed by atoms with Crippen LogP contribution >= 0.6 is 0 Å². The van der Waals surface area contributed by atoms with E-state index in [0.29, 0.717) is 17.9 Å². The number of phenolic OH excluding ortho intramolecular Hbond substituents is 1. The zero-order valence-corrected chi connectivity index (χ0v) is 16.8. The highest BCUT2D eigenvalue weighted by Gasteiger charge is 2.51. The standard InChI is InChI=1S/C23H28N2O4/c1-13-19(20(25-22(28)24-13)17-3-2-4-18(26)8-17)21(27)29-12-23-9-14-5-15(10-23)7-16(6-14)11-23/h2-4,8,14-16,19-20,26H,5-7,9-12H2,1H3,(H,25,28). The predicted octanol–water partition coefficient (Wildman–Crippen LogP) is 3.99. The number of ether oxygens (including phenoxy) is 1. The van der Waals surface area contributed by atoms with Crippen LogP contribution in [0.15, 0.2) is 29.3 Å². The molecule has 0 spiro atoms. The van der Waals surface area contributed by atoms with Gasteiger partial charge in [0, 0.05) is 11.1 Å². The molecule has 29 heavy (non-hydrogen) atoms. The molecule has 1 aliphatic heterocycles. The number of aliphatic imine (C=N–C) groups is 1. The second-order valence-corrected chi connectivity index (χ2v) is 9.78. The largest absolute Gasteiger partial charge is 0.508 e. The Morgan fingerprint density at radius 2 is 1.86 bits per heavy atom. The van der Waals surface area contributed by atoms with Gasteiger partial charge < -0.3 is 15.2 Å². The summed E-state index contributed by atoms with van der Waals surface area (Å²) in [6, 6.07) is 5.58. The summed E-state index contributed by atoms with van der Waals surface area (Å²) in [5.74, 6) is 1.49. The second-order valence-electron chi connectivity index (χ2n) is 9.78. The van der Waals surface area contributed by atoms with E-state index < -0.39 is 18.0 Å². The van der Waals surface area contributed by atoms with Crippen molar-refractivity contribution < 1.29 is 19.4 Å². The van der Waals surface area contributed by atoms with E-state index in [9.17, 15) is 14.7 Å². The minimum Gasteiger partial charge on any atom is -0.508 e. The third-order valence-electron chi connectivity index (χ3n) is 7.51. The van der Waals surface area contributed by atoms with E-state index in [2.05, 4.69) is 10.3 Å². The molecule has 4 bridgehead atoms. The molecule has 1 aromatic carbocycles. The smallest absolute Gasteiger partial charge is 0.341 e. The summed E-state index contributed by atoms with van der Waals surface area (Å²) >= 11 is 0. The van der Waals surface area contributed by atoms with Gasteiger partial charge in [-0.1, -0.05) is 12.1 Å². The first-order valence-corrected chi connectivity index (χ1v) is 10.7. The molecule has 0 saturated heterocycles. The number of phenols is 1. The van der Waals surface area contributed by atoms with Gasteiger partial charge >= 0.3 is 12.0 Å². The monoisotopic (exact) mass is 396 g/mol. The van der Waals surface area contributed by atoms with Gasteiger partial charge in [0.25, 0.3) is 0 Å². The molecule has 0 aromatic heterocycles. The summed E-state index contributed by atoms with van der Waals surface area (Å²) < 4.78 is 5.92. The SMILES string of the molecule is CC1=NC(=O)NC(c2cccc(O)c2)C1C(=O)OCC12CC3CC(CC(C3)C1)C2. The lowest BCUT2D eigenvalue weighted by molar-refractivity contribution is -0.158. The molecule has 2 atom stereocenters. The molecule has 2 amide bonds. The highest BCUT2D eigenvalue weighted by Crippen LogP contribution is 2.60. The van der Waals surface area contributed by atoms with Crippen LogP contribution in [-0.2, 0) is 9.53 Å². The fourth-order valence-electron chi connectivity index (χ4n) is 6.80. The lowest BCUT2D eigenvalue weighted by Crippen LogP contribution is -2.49. The zero-order chi connectivity index (χ0) is 20.2. The molecule has 154 valence electrons. The number of urea groups is 1. The lowest BCUT2D eigenvalue weighted by atomic mass is 9.50. The number of amides is 2. The molecule has 6 nitrogen and oxygen atoms in total. The van der Waals surface area contributed by atoms with Crippen molar-refractivity contribution >= 4 is 17.7 Å². The van der Waals surface area contributed by atoms with Crippen molar-refractivity contribution in [2.45, 2.75) is 51.5 Å². The van der Waals surface area contributed by atoms with Gasteiger partial charge in [-0.2, -0.15) is 0 Å². The first-order chi connectivity index (χ1) is 13.9. The van der Waals surface area contributed by atoms with Crippen LogP contribution in [0.5, 0.6) is 5.75 Å². The number of hydrogen-bond donors (Lipinski definition) is 2. The van der Waals surface area contributed by atoms with Crippen LogP contribution in [0, 0.1) is 29.1 Å². The van der Waals surface area contributed by atoms with Gasteiger partial charge in [0.15, 0.2) is 0 Å². The van der Waals surface area contributed by atoms with Crippen LogP contribution in [-0.4, -0.2) is 29.4 Å². The Labute approximate surface area is 170 Å². The minimum absolute atomic E-state index is 0.0950. The molecular weight excluding hydrogens is 368 g/mol. The maximum Gasteiger partial charge on any atom is 0.341 e. The summed E-state index contributed by atoms with van der Waals surface area (Å²) in [5, 5.41) is 12.6. The fourth-order valence-corrected chi connectivity index (χ4v) is 6.80. The van der Waals surface area contributed by atoms with Gasteiger partial charge in [0.2, 0.25) is 0 Å². The van der Waals surface area contributed by atoms with Crippen LogP contribution in [0.2, 0.25) is 0 Å². The normalized spacial score (nSPS) is 37.8. The number of esters is 1. The van der Waals surface area contributed by atoms with Crippen LogP contribution < -0.4 is 5.32 Å². The zero-order valence-electron chi connectivity index (χ0n) is 16.8. The lowest BCUT2D eigenvalue weighted by Gasteiger charge is -2.56. The van der Waals surface area contributed by atoms with Gasteiger partial charge in [-0.3, -0.25) is 4.79 Å². The maximum atomic E-state index is 13.2. The van der Waals surface area contributed by atoms with E-state index in [1.807, 2.05) is 0 Å². The number of nitrogens with zero attached hydrogens (tertiary/aromatic N) is 1. The Balaban J connectivity index is 1.34. The third-order valence-corrected chi connectivity index (χ3v) is 7.51. The Hall–Kier alpha value is -2.37. The van der Waals surface area contributed by atoms with Crippen molar-refractivity contribution in [3.63, 3.8) is 0 Å². The van der Waals surface area contributed by atoms with E-state index in [-0.39, 0.29) is 17.1 Å². The quantitative estimate of drug-likeness (QED) is 0.753. The Bertz CT molecular complexity index is 842. The number of benzene rings is 1. The molecule has 0 radical (unpaired) electrons. The van der Waals surface area contributed by atoms with Crippen LogP contribution in [0.4, 0.5) is 4.79 Å². The molecule has 5 aliphatic rings. The number of rotatable bonds is 4. The Kier molecular flexibility index (Phi) is 4.41. The highest BCUT2D eigenvalue weighted by molar-refractivity contribution is 6.08.